The molecule has 23 heavy (non-hydrogen) atoms. The molecule has 7 nitrogen and oxygen atoms in total. The second-order valence-electron chi connectivity index (χ2n) is 4.95. The molecule has 0 saturated carbocycles. The van der Waals surface area contributed by atoms with Crippen LogP contribution in [0, 0.1) is 0 Å². The Kier molecular flexibility index (Phi) is 9.53. The number of guanidine groups is 1. The van der Waals surface area contributed by atoms with Gasteiger partial charge in [0, 0.05) is 33.5 Å². The molecule has 2 rings (SSSR count). The number of nitrogens with one attached hydrogen (secondary N) is 2. The summed E-state index contributed by atoms with van der Waals surface area (Å²) >= 11 is 0. The second-order valence-corrected chi connectivity index (χ2v) is 4.95. The van der Waals surface area contributed by atoms with E-state index in [1.807, 2.05) is 28.8 Å². The van der Waals surface area contributed by atoms with E-state index in [2.05, 4.69) is 25.8 Å². The largest absolute Gasteiger partial charge is 0.385 e. The molecule has 0 bridgehead atoms. The van der Waals surface area contributed by atoms with Crippen LogP contribution >= 0.6 is 24.0 Å². The fourth-order valence-electron chi connectivity index (χ4n) is 2.15. The van der Waals surface area contributed by atoms with Gasteiger partial charge in [0.05, 0.1) is 6.54 Å². The highest BCUT2D eigenvalue weighted by Crippen LogP contribution is 2.02. The van der Waals surface area contributed by atoms with Gasteiger partial charge >= 0.3 is 0 Å². The quantitative estimate of drug-likeness (QED) is 0.288. The van der Waals surface area contributed by atoms with E-state index in [9.17, 15) is 0 Å². The first kappa shape index (κ1) is 19.6. The van der Waals surface area contributed by atoms with Crippen molar-refractivity contribution in [1.29, 1.82) is 0 Å². The highest BCUT2D eigenvalue weighted by atomic mass is 127. The molecule has 0 spiro atoms. The number of hydrogen-bond acceptors (Lipinski definition) is 4. The van der Waals surface area contributed by atoms with Gasteiger partial charge in [-0.25, -0.2) is 0 Å². The van der Waals surface area contributed by atoms with Gasteiger partial charge in [-0.3, -0.25) is 9.39 Å². The van der Waals surface area contributed by atoms with E-state index in [-0.39, 0.29) is 24.0 Å². The van der Waals surface area contributed by atoms with Crippen LogP contribution in [0.15, 0.2) is 29.4 Å². The lowest BCUT2D eigenvalue weighted by molar-refractivity contribution is 0.192. The van der Waals surface area contributed by atoms with Crippen LogP contribution in [0.3, 0.4) is 0 Å². The number of ether oxygens (including phenoxy) is 1. The van der Waals surface area contributed by atoms with Crippen LogP contribution < -0.4 is 10.6 Å². The molecule has 0 aliphatic heterocycles. The summed E-state index contributed by atoms with van der Waals surface area (Å²) in [5.74, 6) is 1.64. The Labute approximate surface area is 153 Å². The molecule has 0 radical (unpaired) electrons. The Hall–Kier alpha value is -1.42. The van der Waals surface area contributed by atoms with Crippen LogP contribution in [-0.2, 0) is 11.3 Å². The van der Waals surface area contributed by atoms with Gasteiger partial charge in [-0.05, 0) is 31.4 Å². The molecule has 128 valence electrons. The van der Waals surface area contributed by atoms with Gasteiger partial charge in [0.2, 0.25) is 0 Å². The summed E-state index contributed by atoms with van der Waals surface area (Å²) < 4.78 is 7.00. The van der Waals surface area contributed by atoms with Gasteiger partial charge in [-0.2, -0.15) is 0 Å². The Morgan fingerprint density at radius 1 is 1.22 bits per heavy atom. The van der Waals surface area contributed by atoms with Gasteiger partial charge in [-0.15, -0.1) is 34.2 Å². The summed E-state index contributed by atoms with van der Waals surface area (Å²) in [6, 6.07) is 5.85. The van der Waals surface area contributed by atoms with Crippen LogP contribution in [0.4, 0.5) is 0 Å². The Bertz CT molecular complexity index is 600. The number of hydrogen-bond donors (Lipinski definition) is 2. The van der Waals surface area contributed by atoms with E-state index in [1.54, 1.807) is 14.2 Å². The van der Waals surface area contributed by atoms with Gasteiger partial charge in [-0.1, -0.05) is 6.07 Å². The van der Waals surface area contributed by atoms with Crippen LogP contribution in [-0.4, -0.2) is 47.9 Å². The summed E-state index contributed by atoms with van der Waals surface area (Å²) in [5, 5.41) is 14.9. The number of pyridine rings is 1. The number of fused-ring (bicyclic) bond motifs is 1. The number of halogens is 1. The van der Waals surface area contributed by atoms with Crippen molar-refractivity contribution in [3.8, 4) is 0 Å². The fraction of sp³-hybridized carbons (Fsp3) is 0.533. The molecule has 2 aromatic heterocycles. The standard InChI is InChI=1S/C15H24N6O.HI/c1-16-15(17-9-5-3-7-11-22-2)18-12-14-20-19-13-8-4-6-10-21(13)14;/h4,6,8,10H,3,5,7,9,11-12H2,1-2H3,(H2,16,17,18);1H. The number of rotatable bonds is 8. The van der Waals surface area contributed by atoms with Gasteiger partial charge in [0.15, 0.2) is 17.4 Å². The number of aromatic nitrogens is 3. The maximum absolute atomic E-state index is 5.03. The molecule has 0 saturated heterocycles. The van der Waals surface area contributed by atoms with Crippen molar-refractivity contribution >= 4 is 35.6 Å². The molecule has 8 heteroatoms. The van der Waals surface area contributed by atoms with Gasteiger partial charge < -0.3 is 15.4 Å². The number of methoxy groups -OCH3 is 1. The molecule has 0 amide bonds. The monoisotopic (exact) mass is 432 g/mol. The summed E-state index contributed by atoms with van der Waals surface area (Å²) in [6.07, 6.45) is 5.29. The average molecular weight is 432 g/mol. The zero-order chi connectivity index (χ0) is 15.6. The molecule has 0 unspecified atom stereocenters. The minimum atomic E-state index is 0. The molecule has 0 atom stereocenters. The van der Waals surface area contributed by atoms with Crippen molar-refractivity contribution in [3.63, 3.8) is 0 Å². The van der Waals surface area contributed by atoms with Crippen LogP contribution in [0.2, 0.25) is 0 Å². The fourth-order valence-corrected chi connectivity index (χ4v) is 2.15. The smallest absolute Gasteiger partial charge is 0.191 e. The summed E-state index contributed by atoms with van der Waals surface area (Å²) in [5.41, 5.74) is 0.848. The van der Waals surface area contributed by atoms with Crippen molar-refractivity contribution in [2.75, 3.05) is 27.3 Å². The van der Waals surface area contributed by atoms with E-state index in [4.69, 9.17) is 4.74 Å². The first-order valence-electron chi connectivity index (χ1n) is 7.57. The Morgan fingerprint density at radius 3 is 2.87 bits per heavy atom. The first-order chi connectivity index (χ1) is 10.8. The third-order valence-corrected chi connectivity index (χ3v) is 3.34. The molecule has 0 aromatic carbocycles. The van der Waals surface area contributed by atoms with Crippen LogP contribution in [0.5, 0.6) is 0 Å². The Morgan fingerprint density at radius 2 is 2.09 bits per heavy atom. The lowest BCUT2D eigenvalue weighted by Gasteiger charge is -2.11. The average Bonchev–Trinajstić information content (AvgIpc) is 2.97. The highest BCUT2D eigenvalue weighted by Gasteiger charge is 2.05. The minimum Gasteiger partial charge on any atom is -0.385 e. The lowest BCUT2D eigenvalue weighted by Crippen LogP contribution is -2.37. The van der Waals surface area contributed by atoms with Crippen molar-refractivity contribution in [2.24, 2.45) is 4.99 Å². The van der Waals surface area contributed by atoms with E-state index in [1.165, 1.54) is 0 Å². The molecular weight excluding hydrogens is 407 g/mol. The van der Waals surface area contributed by atoms with Crippen LogP contribution in [0.1, 0.15) is 25.1 Å². The normalized spacial score (nSPS) is 11.3. The maximum atomic E-state index is 5.03. The van der Waals surface area contributed by atoms with Crippen molar-refractivity contribution in [3.05, 3.63) is 30.2 Å². The zero-order valence-electron chi connectivity index (χ0n) is 13.7. The maximum Gasteiger partial charge on any atom is 0.191 e. The summed E-state index contributed by atoms with van der Waals surface area (Å²) in [6.45, 7) is 2.30. The molecular formula is C15H25IN6O. The third-order valence-electron chi connectivity index (χ3n) is 3.34. The zero-order valence-corrected chi connectivity index (χ0v) is 16.0. The summed E-state index contributed by atoms with van der Waals surface area (Å²) in [4.78, 5) is 4.21. The van der Waals surface area contributed by atoms with E-state index < -0.39 is 0 Å². The number of unbranched alkanes of at least 4 members (excludes halogenated alkanes) is 2. The summed E-state index contributed by atoms with van der Waals surface area (Å²) in [7, 11) is 3.50. The first-order valence-corrected chi connectivity index (χ1v) is 7.57. The topological polar surface area (TPSA) is 75.8 Å². The number of nitrogens with zero attached hydrogens (tertiary/aromatic N) is 4. The Balaban J connectivity index is 0.00000264. The molecule has 2 heterocycles. The SMILES string of the molecule is CN=C(NCCCCCOC)NCc1nnc2ccccn12.I. The van der Waals surface area contributed by atoms with Crippen molar-refractivity contribution in [1.82, 2.24) is 25.2 Å². The minimum absolute atomic E-state index is 0. The van der Waals surface area contributed by atoms with Crippen molar-refractivity contribution in [2.45, 2.75) is 25.8 Å². The molecule has 2 N–H and O–H groups in total. The molecule has 2 aromatic rings. The van der Waals surface area contributed by atoms with E-state index in [0.717, 1.165) is 49.8 Å². The van der Waals surface area contributed by atoms with Gasteiger partial charge in [0.1, 0.15) is 0 Å². The molecule has 0 aliphatic carbocycles. The molecule has 0 aliphatic rings. The second kappa shape index (κ2) is 11.2. The van der Waals surface area contributed by atoms with Crippen molar-refractivity contribution < 1.29 is 4.74 Å². The predicted molar refractivity (Wildman–Crippen MR) is 102 cm³/mol. The van der Waals surface area contributed by atoms with Crippen LogP contribution in [0.25, 0.3) is 5.65 Å². The number of aliphatic imine (C=N–C) groups is 1. The van der Waals surface area contributed by atoms with Gasteiger partial charge in [0.25, 0.3) is 0 Å². The van der Waals surface area contributed by atoms with E-state index in [0.29, 0.717) is 6.54 Å². The predicted octanol–water partition coefficient (Wildman–Crippen LogP) is 1.83. The third kappa shape index (κ3) is 6.30. The molecule has 0 fully saturated rings. The lowest BCUT2D eigenvalue weighted by atomic mass is 10.2. The highest BCUT2D eigenvalue weighted by molar-refractivity contribution is 14.0. The van der Waals surface area contributed by atoms with E-state index >= 15 is 0 Å².